The Hall–Kier alpha value is -2.04. The second kappa shape index (κ2) is 9.44. The van der Waals surface area contributed by atoms with E-state index < -0.39 is 0 Å². The van der Waals surface area contributed by atoms with Gasteiger partial charge in [0.15, 0.2) is 0 Å². The molecule has 1 fully saturated rings. The van der Waals surface area contributed by atoms with Crippen LogP contribution in [-0.2, 0) is 14.3 Å². The fourth-order valence-corrected chi connectivity index (χ4v) is 3.89. The van der Waals surface area contributed by atoms with Crippen molar-refractivity contribution in [3.63, 3.8) is 0 Å². The highest BCUT2D eigenvalue weighted by molar-refractivity contribution is 5.89. The summed E-state index contributed by atoms with van der Waals surface area (Å²) in [6, 6.07) is 6.01. The molecule has 1 unspecified atom stereocenters. The zero-order valence-electron chi connectivity index (χ0n) is 17.6. The van der Waals surface area contributed by atoms with Crippen LogP contribution in [0.4, 0.5) is 0 Å². The Bertz CT molecular complexity index is 662. The average molecular weight is 391 g/mol. The molecule has 0 amide bonds. The molecule has 0 aromatic heterocycles. The van der Waals surface area contributed by atoms with Gasteiger partial charge in [-0.05, 0) is 74.1 Å². The molecule has 1 saturated carbocycles. The summed E-state index contributed by atoms with van der Waals surface area (Å²) in [7, 11) is 0. The molecule has 0 spiro atoms. The number of carbonyl (C=O) groups excluding carboxylic acids is 2. The van der Waals surface area contributed by atoms with Gasteiger partial charge in [0.2, 0.25) is 0 Å². The van der Waals surface area contributed by atoms with E-state index in [9.17, 15) is 14.7 Å². The molecule has 1 aliphatic carbocycles. The Morgan fingerprint density at radius 3 is 2.04 bits per heavy atom. The zero-order valence-corrected chi connectivity index (χ0v) is 17.6. The molecule has 0 saturated heterocycles. The molecule has 0 aliphatic heterocycles. The monoisotopic (exact) mass is 390 g/mol. The topological polar surface area (TPSA) is 72.8 Å². The number of hydrogen-bond donors (Lipinski definition) is 1. The van der Waals surface area contributed by atoms with E-state index in [4.69, 9.17) is 9.47 Å². The molecular formula is C23H34O5. The summed E-state index contributed by atoms with van der Waals surface area (Å²) >= 11 is 0. The second-order valence-corrected chi connectivity index (χ2v) is 8.97. The largest absolute Gasteiger partial charge is 0.508 e. The van der Waals surface area contributed by atoms with Gasteiger partial charge in [0.1, 0.15) is 5.75 Å². The second-order valence-electron chi connectivity index (χ2n) is 8.97. The van der Waals surface area contributed by atoms with E-state index in [1.54, 1.807) is 12.1 Å². The zero-order chi connectivity index (χ0) is 20.8. The van der Waals surface area contributed by atoms with E-state index in [0.29, 0.717) is 24.7 Å². The summed E-state index contributed by atoms with van der Waals surface area (Å²) in [4.78, 5) is 24.4. The lowest BCUT2D eigenvalue weighted by Crippen LogP contribution is -2.26. The van der Waals surface area contributed by atoms with Crippen molar-refractivity contribution in [1.82, 2.24) is 0 Å². The lowest BCUT2D eigenvalue weighted by molar-refractivity contribution is -0.152. The van der Waals surface area contributed by atoms with Crippen LogP contribution in [0.3, 0.4) is 0 Å². The van der Waals surface area contributed by atoms with Crippen molar-refractivity contribution in [3.8, 4) is 5.75 Å². The number of phenolic OH excluding ortho intramolecular Hbond substituents is 1. The molecule has 2 rings (SSSR count). The fraction of sp³-hybridized carbons (Fsp3) is 0.652. The third kappa shape index (κ3) is 5.73. The normalized spacial score (nSPS) is 20.0. The minimum Gasteiger partial charge on any atom is -0.508 e. The van der Waals surface area contributed by atoms with Crippen LogP contribution in [0.2, 0.25) is 0 Å². The van der Waals surface area contributed by atoms with Crippen molar-refractivity contribution in [2.24, 2.45) is 16.7 Å². The molecular weight excluding hydrogens is 356 g/mol. The van der Waals surface area contributed by atoms with Crippen LogP contribution in [0.15, 0.2) is 24.3 Å². The van der Waals surface area contributed by atoms with Gasteiger partial charge >= 0.3 is 11.9 Å². The molecule has 1 aromatic rings. The maximum Gasteiger partial charge on any atom is 0.338 e. The minimum atomic E-state index is -0.378. The predicted molar refractivity (Wildman–Crippen MR) is 108 cm³/mol. The number of hydrogen-bond acceptors (Lipinski definition) is 5. The molecule has 1 aliphatic rings. The molecule has 28 heavy (non-hydrogen) atoms. The maximum absolute atomic E-state index is 12.5. The SMILES string of the molecule is CC(C)CC1(C(=O)OCCCCCCOC(=O)c2ccc(O)cc2)CC1(C)C. The highest BCUT2D eigenvalue weighted by atomic mass is 16.5. The molecule has 0 heterocycles. The van der Waals surface area contributed by atoms with Gasteiger partial charge in [-0.2, -0.15) is 0 Å². The van der Waals surface area contributed by atoms with Crippen molar-refractivity contribution >= 4 is 11.9 Å². The van der Waals surface area contributed by atoms with Crippen molar-refractivity contribution < 1.29 is 24.2 Å². The number of ether oxygens (including phenoxy) is 2. The van der Waals surface area contributed by atoms with Crippen LogP contribution < -0.4 is 0 Å². The highest BCUT2D eigenvalue weighted by Crippen LogP contribution is 2.67. The molecule has 156 valence electrons. The molecule has 5 nitrogen and oxygen atoms in total. The molecule has 5 heteroatoms. The smallest absolute Gasteiger partial charge is 0.338 e. The van der Waals surface area contributed by atoms with Gasteiger partial charge in [-0.3, -0.25) is 4.79 Å². The first-order valence-electron chi connectivity index (χ1n) is 10.3. The van der Waals surface area contributed by atoms with Crippen molar-refractivity contribution in [3.05, 3.63) is 29.8 Å². The average Bonchev–Trinajstić information content (AvgIpc) is 3.18. The van der Waals surface area contributed by atoms with E-state index in [-0.39, 0.29) is 28.5 Å². The number of rotatable bonds is 11. The molecule has 0 radical (unpaired) electrons. The Labute approximate surface area is 168 Å². The van der Waals surface area contributed by atoms with Gasteiger partial charge in [0.25, 0.3) is 0 Å². The quantitative estimate of drug-likeness (QED) is 0.420. The number of phenols is 1. The lowest BCUT2D eigenvalue weighted by Gasteiger charge is -2.21. The van der Waals surface area contributed by atoms with Gasteiger partial charge in [-0.15, -0.1) is 0 Å². The summed E-state index contributed by atoms with van der Waals surface area (Å²) in [5.74, 6) is 0.196. The van der Waals surface area contributed by atoms with Gasteiger partial charge in [0.05, 0.1) is 24.2 Å². The number of carbonyl (C=O) groups is 2. The summed E-state index contributed by atoms with van der Waals surface area (Å²) in [6.07, 6.45) is 5.28. The van der Waals surface area contributed by atoms with Crippen LogP contribution in [0, 0.1) is 16.7 Å². The summed E-state index contributed by atoms with van der Waals surface area (Å²) in [5.41, 5.74) is 0.197. The lowest BCUT2D eigenvalue weighted by atomic mass is 9.87. The molecule has 1 aromatic carbocycles. The van der Waals surface area contributed by atoms with Crippen molar-refractivity contribution in [1.29, 1.82) is 0 Å². The van der Waals surface area contributed by atoms with E-state index in [1.807, 2.05) is 0 Å². The van der Waals surface area contributed by atoms with Crippen LogP contribution in [0.25, 0.3) is 0 Å². The molecule has 1 atom stereocenters. The van der Waals surface area contributed by atoms with Gasteiger partial charge in [0, 0.05) is 0 Å². The fourth-order valence-electron chi connectivity index (χ4n) is 3.89. The standard InChI is InChI=1S/C23H34O5/c1-17(2)15-23(16-22(23,3)4)21(26)28-14-8-6-5-7-13-27-20(25)18-9-11-19(24)12-10-18/h9-12,17,24H,5-8,13-16H2,1-4H3. The third-order valence-electron chi connectivity index (χ3n) is 5.67. The summed E-state index contributed by atoms with van der Waals surface area (Å²) in [6.45, 7) is 9.43. The Morgan fingerprint density at radius 2 is 1.54 bits per heavy atom. The van der Waals surface area contributed by atoms with Crippen LogP contribution in [-0.4, -0.2) is 30.3 Å². The molecule has 0 bridgehead atoms. The summed E-state index contributed by atoms with van der Waals surface area (Å²) < 4.78 is 10.8. The van der Waals surface area contributed by atoms with E-state index in [1.165, 1.54) is 12.1 Å². The number of aromatic hydroxyl groups is 1. The Balaban J connectivity index is 1.55. The van der Waals surface area contributed by atoms with Gasteiger partial charge in [-0.1, -0.05) is 27.7 Å². The highest BCUT2D eigenvalue weighted by Gasteiger charge is 2.66. The van der Waals surface area contributed by atoms with E-state index in [2.05, 4.69) is 27.7 Å². The van der Waals surface area contributed by atoms with Crippen molar-refractivity contribution in [2.75, 3.05) is 13.2 Å². The van der Waals surface area contributed by atoms with Crippen LogP contribution in [0.1, 0.15) is 76.6 Å². The van der Waals surface area contributed by atoms with Crippen LogP contribution in [0.5, 0.6) is 5.75 Å². The van der Waals surface area contributed by atoms with Crippen molar-refractivity contribution in [2.45, 2.75) is 66.2 Å². The first-order valence-corrected chi connectivity index (χ1v) is 10.3. The van der Waals surface area contributed by atoms with E-state index >= 15 is 0 Å². The number of unbranched alkanes of at least 4 members (excludes halogenated alkanes) is 3. The minimum absolute atomic E-state index is 0.0333. The third-order valence-corrected chi connectivity index (χ3v) is 5.67. The Morgan fingerprint density at radius 1 is 1.00 bits per heavy atom. The number of benzene rings is 1. The predicted octanol–water partition coefficient (Wildman–Crippen LogP) is 5.12. The van der Waals surface area contributed by atoms with Gasteiger partial charge in [-0.25, -0.2) is 4.79 Å². The van der Waals surface area contributed by atoms with Crippen LogP contribution >= 0.6 is 0 Å². The van der Waals surface area contributed by atoms with E-state index in [0.717, 1.165) is 38.5 Å². The Kier molecular flexibility index (Phi) is 7.50. The van der Waals surface area contributed by atoms with Gasteiger partial charge < -0.3 is 14.6 Å². The first kappa shape index (κ1) is 22.3. The molecule has 1 N–H and O–H groups in total. The number of esters is 2. The first-order chi connectivity index (χ1) is 13.2. The summed E-state index contributed by atoms with van der Waals surface area (Å²) in [5, 5.41) is 9.22. The maximum atomic E-state index is 12.5.